The molecule has 0 bridgehead atoms. The maximum atomic E-state index is 13.1. The summed E-state index contributed by atoms with van der Waals surface area (Å²) in [6.45, 7) is 1.33. The third-order valence-corrected chi connectivity index (χ3v) is 6.14. The van der Waals surface area contributed by atoms with E-state index in [0.717, 1.165) is 5.56 Å². The van der Waals surface area contributed by atoms with Crippen molar-refractivity contribution in [3.8, 4) is 5.75 Å². The van der Waals surface area contributed by atoms with E-state index in [4.69, 9.17) is 16.3 Å². The molecule has 1 aliphatic heterocycles. The number of ketones is 1. The van der Waals surface area contributed by atoms with Crippen LogP contribution in [-0.4, -0.2) is 53.8 Å². The fourth-order valence-electron chi connectivity index (χ4n) is 4.02. The molecule has 4 rings (SSSR count). The highest BCUT2D eigenvalue weighted by molar-refractivity contribution is 6.46. The number of carbonyl (C=O) groups is 2. The summed E-state index contributed by atoms with van der Waals surface area (Å²) in [7, 11) is 3.80. The minimum absolute atomic E-state index is 0.0639. The Morgan fingerprint density at radius 1 is 0.971 bits per heavy atom. The number of carbonyl (C=O) groups excluding carboxylic acids is 2. The van der Waals surface area contributed by atoms with Crippen LogP contribution in [0, 0.1) is 0 Å². The van der Waals surface area contributed by atoms with E-state index < -0.39 is 17.7 Å². The highest BCUT2D eigenvalue weighted by Crippen LogP contribution is 2.39. The molecule has 1 heterocycles. The van der Waals surface area contributed by atoms with Gasteiger partial charge in [0.2, 0.25) is 0 Å². The maximum absolute atomic E-state index is 13.1. The summed E-state index contributed by atoms with van der Waals surface area (Å²) in [5, 5.41) is 11.7. The maximum Gasteiger partial charge on any atom is 0.295 e. The average molecular weight is 491 g/mol. The number of Topliss-reactive ketones (excluding diaryl/α,β-unsaturated/α-hetero) is 1. The lowest BCUT2D eigenvalue weighted by Gasteiger charge is -2.26. The van der Waals surface area contributed by atoms with Crippen molar-refractivity contribution in [3.63, 3.8) is 0 Å². The molecule has 1 amide bonds. The topological polar surface area (TPSA) is 70.1 Å². The quantitative estimate of drug-likeness (QED) is 0.276. The largest absolute Gasteiger partial charge is 0.507 e. The van der Waals surface area contributed by atoms with Crippen LogP contribution in [0.3, 0.4) is 0 Å². The molecule has 1 saturated heterocycles. The van der Waals surface area contributed by atoms with Gasteiger partial charge in [-0.3, -0.25) is 9.59 Å². The van der Waals surface area contributed by atoms with Gasteiger partial charge in [-0.25, -0.2) is 0 Å². The molecular formula is C28H27ClN2O4. The summed E-state index contributed by atoms with van der Waals surface area (Å²) >= 11 is 6.06. The van der Waals surface area contributed by atoms with E-state index >= 15 is 0 Å². The molecule has 0 spiro atoms. The van der Waals surface area contributed by atoms with Gasteiger partial charge in [-0.15, -0.1) is 0 Å². The predicted octanol–water partition coefficient (Wildman–Crippen LogP) is 4.90. The highest BCUT2D eigenvalue weighted by Gasteiger charge is 2.45. The average Bonchev–Trinajstić information content (AvgIpc) is 3.12. The number of amides is 1. The van der Waals surface area contributed by atoms with Crippen molar-refractivity contribution in [2.24, 2.45) is 0 Å². The van der Waals surface area contributed by atoms with Gasteiger partial charge in [-0.05, 0) is 61.6 Å². The van der Waals surface area contributed by atoms with Gasteiger partial charge in [0.25, 0.3) is 11.7 Å². The normalized spacial score (nSPS) is 17.3. The fraction of sp³-hybridized carbons (Fsp3) is 0.214. The van der Waals surface area contributed by atoms with E-state index in [2.05, 4.69) is 0 Å². The van der Waals surface area contributed by atoms with Crippen LogP contribution in [0.15, 0.2) is 84.4 Å². The summed E-state index contributed by atoms with van der Waals surface area (Å²) in [6, 6.07) is 22.9. The molecular weight excluding hydrogens is 464 g/mol. The zero-order valence-electron chi connectivity index (χ0n) is 19.6. The van der Waals surface area contributed by atoms with Crippen LogP contribution in [-0.2, 0) is 16.2 Å². The monoisotopic (exact) mass is 490 g/mol. The van der Waals surface area contributed by atoms with Crippen LogP contribution >= 0.6 is 11.6 Å². The van der Waals surface area contributed by atoms with E-state index in [0.29, 0.717) is 41.6 Å². The van der Waals surface area contributed by atoms with Crippen molar-refractivity contribution >= 4 is 29.1 Å². The Kier molecular flexibility index (Phi) is 7.54. The van der Waals surface area contributed by atoms with E-state index in [-0.39, 0.29) is 11.3 Å². The van der Waals surface area contributed by atoms with E-state index in [1.54, 1.807) is 48.5 Å². The number of ether oxygens (including phenoxy) is 1. The molecule has 1 atom stereocenters. The van der Waals surface area contributed by atoms with Crippen LogP contribution in [0.1, 0.15) is 22.7 Å². The van der Waals surface area contributed by atoms with Gasteiger partial charge >= 0.3 is 0 Å². The molecule has 180 valence electrons. The number of hydrogen-bond donors (Lipinski definition) is 1. The van der Waals surface area contributed by atoms with Crippen molar-refractivity contribution in [2.75, 3.05) is 27.2 Å². The van der Waals surface area contributed by atoms with E-state index in [9.17, 15) is 14.7 Å². The van der Waals surface area contributed by atoms with Gasteiger partial charge in [0.05, 0.1) is 11.6 Å². The standard InChI is InChI=1S/C28H27ClN2O4/c1-30(2)16-17-31-25(20-8-12-22(29)13-9-20)24(27(33)28(31)34)26(32)21-10-14-23(15-11-21)35-18-19-6-4-3-5-7-19/h3-15,25,32H,16-18H2,1-2H3/b26-24+/t25-/m1/s1. The zero-order valence-corrected chi connectivity index (χ0v) is 20.4. The van der Waals surface area contributed by atoms with E-state index in [1.165, 1.54) is 4.90 Å². The molecule has 3 aromatic rings. The molecule has 0 radical (unpaired) electrons. The van der Waals surface area contributed by atoms with Crippen LogP contribution in [0.5, 0.6) is 5.75 Å². The first-order chi connectivity index (χ1) is 16.8. The second-order valence-electron chi connectivity index (χ2n) is 8.65. The van der Waals surface area contributed by atoms with Crippen molar-refractivity contribution in [2.45, 2.75) is 12.6 Å². The van der Waals surface area contributed by atoms with Gasteiger partial charge in [0.1, 0.15) is 18.1 Å². The third kappa shape index (κ3) is 5.56. The molecule has 0 unspecified atom stereocenters. The Bertz CT molecular complexity index is 1220. The molecule has 1 N–H and O–H groups in total. The lowest BCUT2D eigenvalue weighted by molar-refractivity contribution is -0.140. The minimum atomic E-state index is -0.707. The second-order valence-corrected chi connectivity index (χ2v) is 9.08. The lowest BCUT2D eigenvalue weighted by atomic mass is 9.95. The molecule has 35 heavy (non-hydrogen) atoms. The molecule has 1 fully saturated rings. The summed E-state index contributed by atoms with van der Waals surface area (Å²) < 4.78 is 5.82. The number of halogens is 1. The molecule has 3 aromatic carbocycles. The summed E-state index contributed by atoms with van der Waals surface area (Å²) in [5.74, 6) is -0.918. The number of rotatable bonds is 8. The molecule has 0 saturated carbocycles. The summed E-state index contributed by atoms with van der Waals surface area (Å²) in [4.78, 5) is 29.5. The number of hydrogen-bond acceptors (Lipinski definition) is 5. The number of nitrogens with zero attached hydrogens (tertiary/aromatic N) is 2. The van der Waals surface area contributed by atoms with Crippen molar-refractivity contribution in [1.82, 2.24) is 9.80 Å². The van der Waals surface area contributed by atoms with Gasteiger partial charge < -0.3 is 19.6 Å². The summed E-state index contributed by atoms with van der Waals surface area (Å²) in [6.07, 6.45) is 0. The highest BCUT2D eigenvalue weighted by atomic mass is 35.5. The van der Waals surface area contributed by atoms with Gasteiger partial charge in [-0.1, -0.05) is 54.1 Å². The van der Waals surface area contributed by atoms with Crippen molar-refractivity contribution in [3.05, 3.63) is 106 Å². The van der Waals surface area contributed by atoms with Crippen molar-refractivity contribution < 1.29 is 19.4 Å². The number of benzene rings is 3. The van der Waals surface area contributed by atoms with Gasteiger partial charge in [-0.2, -0.15) is 0 Å². The zero-order chi connectivity index (χ0) is 24.9. The first-order valence-corrected chi connectivity index (χ1v) is 11.7. The van der Waals surface area contributed by atoms with Crippen LogP contribution in [0.4, 0.5) is 0 Å². The number of likely N-dealkylation sites (tertiary alicyclic amines) is 1. The first-order valence-electron chi connectivity index (χ1n) is 11.3. The first kappa shape index (κ1) is 24.5. The molecule has 7 heteroatoms. The Morgan fingerprint density at radius 2 is 1.63 bits per heavy atom. The second kappa shape index (κ2) is 10.8. The molecule has 0 aromatic heterocycles. The lowest BCUT2D eigenvalue weighted by Crippen LogP contribution is -2.35. The number of likely N-dealkylation sites (N-methyl/N-ethyl adjacent to an activating group) is 1. The Labute approximate surface area is 210 Å². The smallest absolute Gasteiger partial charge is 0.295 e. The number of aliphatic hydroxyl groups is 1. The van der Waals surface area contributed by atoms with E-state index in [1.807, 2.05) is 49.3 Å². The van der Waals surface area contributed by atoms with Crippen LogP contribution in [0.25, 0.3) is 5.76 Å². The minimum Gasteiger partial charge on any atom is -0.507 e. The molecule has 6 nitrogen and oxygen atoms in total. The van der Waals surface area contributed by atoms with Crippen LogP contribution in [0.2, 0.25) is 5.02 Å². The third-order valence-electron chi connectivity index (χ3n) is 5.89. The molecule has 1 aliphatic rings. The fourth-order valence-corrected chi connectivity index (χ4v) is 4.14. The van der Waals surface area contributed by atoms with Crippen molar-refractivity contribution in [1.29, 1.82) is 0 Å². The van der Waals surface area contributed by atoms with Gasteiger partial charge in [0, 0.05) is 23.7 Å². The summed E-state index contributed by atoms with van der Waals surface area (Å²) in [5.41, 5.74) is 2.24. The van der Waals surface area contributed by atoms with Gasteiger partial charge in [0.15, 0.2) is 0 Å². The Hall–Kier alpha value is -3.61. The molecule has 0 aliphatic carbocycles. The number of aliphatic hydroxyl groups excluding tert-OH is 1. The predicted molar refractivity (Wildman–Crippen MR) is 136 cm³/mol. The Balaban J connectivity index is 1.65. The Morgan fingerprint density at radius 3 is 2.26 bits per heavy atom. The SMILES string of the molecule is CN(C)CCN1C(=O)C(=O)/C(=C(/O)c2ccc(OCc3ccccc3)cc2)[C@H]1c1ccc(Cl)cc1. The van der Waals surface area contributed by atoms with Crippen LogP contribution < -0.4 is 4.74 Å².